The van der Waals surface area contributed by atoms with Crippen molar-refractivity contribution in [3.63, 3.8) is 0 Å². The first-order chi connectivity index (χ1) is 20.3. The van der Waals surface area contributed by atoms with Crippen LogP contribution in [0.5, 0.6) is 0 Å². The Morgan fingerprint density at radius 2 is 0.595 bits per heavy atom. The minimum Gasteiger partial charge on any atom is -0.368 e. The predicted molar refractivity (Wildman–Crippen MR) is 184 cm³/mol. The highest BCUT2D eigenvalue weighted by atomic mass is 32.2. The van der Waals surface area contributed by atoms with Crippen LogP contribution < -0.4 is 11.5 Å². The Bertz CT molecular complexity index is 609. The first-order valence-corrected chi connectivity index (χ1v) is 19.5. The van der Waals surface area contributed by atoms with Gasteiger partial charge in [-0.05, 0) is 25.7 Å². The second-order valence-electron chi connectivity index (χ2n) is 13.1. The van der Waals surface area contributed by atoms with E-state index in [-0.39, 0.29) is 0 Å². The van der Waals surface area contributed by atoms with Crippen molar-refractivity contribution in [3.05, 3.63) is 0 Å². The fraction of sp³-hybridized carbons (Fsp3) is 0.944. The van der Waals surface area contributed by atoms with Crippen molar-refractivity contribution in [2.24, 2.45) is 11.5 Å². The molecule has 2 amide bonds. The van der Waals surface area contributed by atoms with E-state index >= 15 is 0 Å². The van der Waals surface area contributed by atoms with Crippen LogP contribution in [-0.4, -0.2) is 25.5 Å². The van der Waals surface area contributed by atoms with Gasteiger partial charge in [-0.25, -0.2) is 0 Å². The van der Waals surface area contributed by atoms with E-state index in [0.29, 0.717) is 25.7 Å². The predicted octanol–water partition coefficient (Wildman–Crippen LogP) is 10.2. The molecule has 6 heteroatoms. The lowest BCUT2D eigenvalue weighted by Crippen LogP contribution is -2.59. The summed E-state index contributed by atoms with van der Waals surface area (Å²) in [5.41, 5.74) is 12.5. The third kappa shape index (κ3) is 16.2. The summed E-state index contributed by atoms with van der Waals surface area (Å²) in [6.07, 6.45) is 28.0. The second kappa shape index (κ2) is 26.5. The molecule has 0 unspecified atom stereocenters. The fourth-order valence-corrected chi connectivity index (χ4v) is 8.87. The van der Waals surface area contributed by atoms with Gasteiger partial charge in [0.2, 0.25) is 11.8 Å². The topological polar surface area (TPSA) is 103 Å². The Morgan fingerprint density at radius 3 is 0.786 bits per heavy atom. The highest BCUT2D eigenvalue weighted by molar-refractivity contribution is 7.89. The molecule has 0 spiro atoms. The number of nitrogens with two attached hydrogens (primary N) is 2. The van der Waals surface area contributed by atoms with Gasteiger partial charge >= 0.3 is 0 Å². The average molecular weight is 613 g/mol. The van der Waals surface area contributed by atoms with Crippen molar-refractivity contribution in [2.75, 3.05) is 0 Å². The van der Waals surface area contributed by atoms with Crippen LogP contribution in [0.2, 0.25) is 0 Å². The normalized spacial score (nSPS) is 12.3. The SMILES string of the molecule is CCCCCCCCC(CCCCCCCC)(C(N)=O)S(=O)C(CCCCCCCC)(CCCCCCCC)C(N)=O. The van der Waals surface area contributed by atoms with E-state index < -0.39 is 32.1 Å². The van der Waals surface area contributed by atoms with E-state index in [1.165, 1.54) is 77.0 Å². The molecule has 0 aromatic carbocycles. The van der Waals surface area contributed by atoms with Gasteiger partial charge in [-0.1, -0.05) is 182 Å². The van der Waals surface area contributed by atoms with Crippen LogP contribution in [0.3, 0.4) is 0 Å². The third-order valence-corrected chi connectivity index (χ3v) is 12.0. The zero-order valence-corrected chi connectivity index (χ0v) is 29.4. The summed E-state index contributed by atoms with van der Waals surface area (Å²) in [5, 5.41) is 0. The molecule has 0 aromatic heterocycles. The van der Waals surface area contributed by atoms with Crippen LogP contribution in [0.15, 0.2) is 0 Å². The van der Waals surface area contributed by atoms with E-state index in [9.17, 15) is 13.8 Å². The number of unbranched alkanes of at least 4 members (excludes halogenated alkanes) is 20. The Labute approximate surface area is 264 Å². The minimum absolute atomic E-state index is 0.487. The molecule has 250 valence electrons. The quantitative estimate of drug-likeness (QED) is 0.0738. The van der Waals surface area contributed by atoms with Crippen molar-refractivity contribution >= 4 is 22.6 Å². The van der Waals surface area contributed by atoms with Crippen molar-refractivity contribution in [2.45, 2.75) is 217 Å². The maximum Gasteiger partial charge on any atom is 0.236 e. The van der Waals surface area contributed by atoms with Gasteiger partial charge in [-0.2, -0.15) is 0 Å². The lowest BCUT2D eigenvalue weighted by atomic mass is 9.91. The molecule has 0 atom stereocenters. The number of carbonyl (C=O) groups excluding carboxylic acids is 2. The molecule has 5 nitrogen and oxygen atoms in total. The lowest BCUT2D eigenvalue weighted by molar-refractivity contribution is -0.121. The second-order valence-corrected chi connectivity index (χ2v) is 15.2. The molecule has 0 heterocycles. The number of hydrogen-bond donors (Lipinski definition) is 2. The van der Waals surface area contributed by atoms with Crippen LogP contribution >= 0.6 is 0 Å². The average Bonchev–Trinajstić information content (AvgIpc) is 2.97. The summed E-state index contributed by atoms with van der Waals surface area (Å²) in [6.45, 7) is 8.83. The van der Waals surface area contributed by atoms with Crippen molar-refractivity contribution in [1.82, 2.24) is 0 Å². The van der Waals surface area contributed by atoms with E-state index in [1.807, 2.05) is 0 Å². The minimum atomic E-state index is -1.76. The number of primary amides is 2. The van der Waals surface area contributed by atoms with Crippen molar-refractivity contribution in [3.8, 4) is 0 Å². The smallest absolute Gasteiger partial charge is 0.236 e. The van der Waals surface area contributed by atoms with E-state index in [2.05, 4.69) is 27.7 Å². The number of carbonyl (C=O) groups is 2. The molecule has 42 heavy (non-hydrogen) atoms. The van der Waals surface area contributed by atoms with Crippen LogP contribution in [-0.2, 0) is 20.4 Å². The third-order valence-electron chi connectivity index (χ3n) is 9.34. The molecule has 0 saturated carbocycles. The summed E-state index contributed by atoms with van der Waals surface area (Å²) in [4.78, 5) is 26.9. The zero-order valence-electron chi connectivity index (χ0n) is 28.6. The van der Waals surface area contributed by atoms with Crippen LogP contribution in [0.4, 0.5) is 0 Å². The van der Waals surface area contributed by atoms with Crippen molar-refractivity contribution in [1.29, 1.82) is 0 Å². The first kappa shape index (κ1) is 41.1. The standard InChI is InChI=1S/C36H72N2O3S/c1-5-9-13-17-21-25-29-35(33(37)39,30-26-22-18-14-10-6-2)42(41)36(34(38)40,31-27-23-19-15-11-7-3)32-28-24-20-16-12-8-4/h5-32H2,1-4H3,(H2,37,39)(H2,38,40). The fourth-order valence-electron chi connectivity index (χ4n) is 6.43. The highest BCUT2D eigenvalue weighted by Crippen LogP contribution is 2.41. The van der Waals surface area contributed by atoms with Gasteiger partial charge in [-0.15, -0.1) is 0 Å². The first-order valence-electron chi connectivity index (χ1n) is 18.3. The molecular formula is C36H72N2O3S. The molecule has 0 aliphatic carbocycles. The molecule has 0 saturated heterocycles. The van der Waals surface area contributed by atoms with Gasteiger partial charge in [0.1, 0.15) is 9.49 Å². The molecule has 0 rings (SSSR count). The summed E-state index contributed by atoms with van der Waals surface area (Å²) in [5.74, 6) is -0.973. The van der Waals surface area contributed by atoms with Crippen molar-refractivity contribution < 1.29 is 13.8 Å². The molecule has 0 aliphatic rings. The zero-order chi connectivity index (χ0) is 31.5. The Kier molecular flexibility index (Phi) is 25.9. The van der Waals surface area contributed by atoms with Crippen LogP contribution in [0.25, 0.3) is 0 Å². The van der Waals surface area contributed by atoms with E-state index in [4.69, 9.17) is 11.5 Å². The van der Waals surface area contributed by atoms with Gasteiger partial charge in [0.15, 0.2) is 0 Å². The summed E-state index contributed by atoms with van der Waals surface area (Å²) in [6, 6.07) is 0. The summed E-state index contributed by atoms with van der Waals surface area (Å²) >= 11 is 0. The lowest BCUT2D eigenvalue weighted by Gasteiger charge is -2.40. The van der Waals surface area contributed by atoms with Gasteiger partial charge < -0.3 is 11.5 Å². The Hall–Kier alpha value is -0.910. The molecule has 0 fully saturated rings. The van der Waals surface area contributed by atoms with Crippen LogP contribution in [0, 0.1) is 0 Å². The van der Waals surface area contributed by atoms with Gasteiger partial charge in [0, 0.05) is 0 Å². The summed E-state index contributed by atoms with van der Waals surface area (Å²) < 4.78 is 12.6. The molecule has 0 radical (unpaired) electrons. The highest BCUT2D eigenvalue weighted by Gasteiger charge is 2.54. The number of amides is 2. The maximum absolute atomic E-state index is 14.9. The largest absolute Gasteiger partial charge is 0.368 e. The number of hydrogen-bond acceptors (Lipinski definition) is 3. The number of rotatable bonds is 32. The summed E-state index contributed by atoms with van der Waals surface area (Å²) in [7, 11) is -1.76. The van der Waals surface area contributed by atoms with Crippen LogP contribution in [0.1, 0.15) is 207 Å². The molecule has 4 N–H and O–H groups in total. The molecule has 0 aliphatic heterocycles. The Balaban J connectivity index is 6.07. The maximum atomic E-state index is 14.9. The molecule has 0 aromatic rings. The molecular weight excluding hydrogens is 540 g/mol. The molecule has 0 bridgehead atoms. The van der Waals surface area contributed by atoms with Gasteiger partial charge in [0.05, 0.1) is 10.8 Å². The monoisotopic (exact) mass is 613 g/mol. The van der Waals surface area contributed by atoms with E-state index in [0.717, 1.165) is 77.0 Å². The van der Waals surface area contributed by atoms with Gasteiger partial charge in [0.25, 0.3) is 0 Å². The van der Waals surface area contributed by atoms with E-state index in [1.54, 1.807) is 0 Å². The Morgan fingerprint density at radius 1 is 0.405 bits per heavy atom. The van der Waals surface area contributed by atoms with Gasteiger partial charge in [-0.3, -0.25) is 13.8 Å².